The van der Waals surface area contributed by atoms with Crippen LogP contribution in [0, 0.1) is 5.92 Å². The molecule has 7 amide bonds. The Hall–Kier alpha value is -7.04. The number of anilines is 2. The van der Waals surface area contributed by atoms with E-state index >= 15 is 0 Å². The number of carbonyl (C=O) groups excluding carboxylic acids is 7. The maximum Gasteiger partial charge on any atom is 0.264 e. The van der Waals surface area contributed by atoms with Crippen LogP contribution in [0.15, 0.2) is 72.8 Å². The zero-order valence-electron chi connectivity index (χ0n) is 33.0. The van der Waals surface area contributed by atoms with Gasteiger partial charge in [-0.05, 0) is 80.1 Å². The topological polar surface area (TPSA) is 218 Å². The summed E-state index contributed by atoms with van der Waals surface area (Å²) in [5.74, 6) is -1.28. The zero-order valence-corrected chi connectivity index (χ0v) is 33.0. The van der Waals surface area contributed by atoms with Crippen molar-refractivity contribution < 1.29 is 38.3 Å². The number of fused-ring (bicyclic) bond motifs is 2. The maximum atomic E-state index is 13.4. The van der Waals surface area contributed by atoms with E-state index in [4.69, 9.17) is 15.6 Å². The smallest absolute Gasteiger partial charge is 0.264 e. The molecule has 17 nitrogen and oxygen atoms in total. The quantitative estimate of drug-likeness (QED) is 0.152. The number of hydrogen-bond donors (Lipinski definition) is 4. The molecule has 1 aromatic heterocycles. The average Bonchev–Trinajstić information content (AvgIpc) is 3.77. The van der Waals surface area contributed by atoms with Crippen LogP contribution in [0.3, 0.4) is 0 Å². The summed E-state index contributed by atoms with van der Waals surface area (Å²) in [6.45, 7) is 1.71. The van der Waals surface area contributed by atoms with Gasteiger partial charge in [-0.25, -0.2) is 4.68 Å². The third-order valence-corrected chi connectivity index (χ3v) is 11.7. The number of hydrogen-bond acceptors (Lipinski definition) is 11. The van der Waals surface area contributed by atoms with Gasteiger partial charge in [0.25, 0.3) is 17.7 Å². The highest BCUT2D eigenvalue weighted by Gasteiger charge is 2.46. The predicted octanol–water partition coefficient (Wildman–Crippen LogP) is 3.40. The van der Waals surface area contributed by atoms with Crippen molar-refractivity contribution in [3.8, 4) is 22.8 Å². The number of imide groups is 2. The number of ether oxygens (including phenoxy) is 1. The van der Waals surface area contributed by atoms with Gasteiger partial charge in [-0.2, -0.15) is 5.10 Å². The van der Waals surface area contributed by atoms with E-state index in [1.54, 1.807) is 19.2 Å². The van der Waals surface area contributed by atoms with E-state index in [2.05, 4.69) is 16.0 Å². The first kappa shape index (κ1) is 39.8. The number of carbonyl (C=O) groups is 7. The van der Waals surface area contributed by atoms with Gasteiger partial charge in [-0.1, -0.05) is 24.3 Å². The van der Waals surface area contributed by atoms with E-state index in [9.17, 15) is 33.6 Å². The van der Waals surface area contributed by atoms with E-state index < -0.39 is 35.6 Å². The molecule has 2 fully saturated rings. The van der Waals surface area contributed by atoms with E-state index in [1.165, 1.54) is 11.0 Å². The van der Waals surface area contributed by atoms with Crippen molar-refractivity contribution in [2.24, 2.45) is 11.7 Å². The summed E-state index contributed by atoms with van der Waals surface area (Å²) in [6, 6.07) is 20.4. The lowest BCUT2D eigenvalue weighted by molar-refractivity contribution is -0.137. The lowest BCUT2D eigenvalue weighted by atomic mass is 9.86. The summed E-state index contributed by atoms with van der Waals surface area (Å²) in [4.78, 5) is 94.1. The summed E-state index contributed by atoms with van der Waals surface area (Å²) in [6.07, 6.45) is 2.44. The summed E-state index contributed by atoms with van der Waals surface area (Å²) < 4.78 is 7.84. The predicted molar refractivity (Wildman–Crippen MR) is 218 cm³/mol. The van der Waals surface area contributed by atoms with Crippen molar-refractivity contribution in [2.75, 3.05) is 50.4 Å². The Kier molecular flexibility index (Phi) is 11.1. The molecule has 5 heterocycles. The van der Waals surface area contributed by atoms with Crippen molar-refractivity contribution in [3.63, 3.8) is 0 Å². The Morgan fingerprint density at radius 1 is 0.900 bits per heavy atom. The Morgan fingerprint density at radius 3 is 2.35 bits per heavy atom. The van der Waals surface area contributed by atoms with Crippen LogP contribution < -0.4 is 26.4 Å². The van der Waals surface area contributed by atoms with Crippen LogP contribution in [0.5, 0.6) is 11.5 Å². The third kappa shape index (κ3) is 7.77. The van der Waals surface area contributed by atoms with Crippen LogP contribution in [0.4, 0.5) is 11.5 Å². The number of nitrogens with zero attached hydrogens (tertiary/aromatic N) is 5. The average molecular weight is 816 g/mol. The van der Waals surface area contributed by atoms with Crippen LogP contribution in [0.25, 0.3) is 11.3 Å². The van der Waals surface area contributed by atoms with Crippen LogP contribution >= 0.6 is 0 Å². The SMILES string of the molecule is CN(CCC(=O)N1CCC(C2CCNc3c(C(N)=O)c(-c4ccc(Oc5ccccc5)cc4)nn32)CC1)C(=O)CNc1cccc2c1C(=O)N(C1CCC(=O)NC1=O)C2=O. The molecule has 8 rings (SSSR count). The standard InChI is InChI=1S/C43H45N9O8/c1-49(35(55)24-46-30-9-5-8-29-36(30)43(59)51(42(29)58)32-14-15-33(53)47-41(32)57)21-19-34(54)50-22-17-25(18-23-50)31-16-20-45-40-37(39(44)56)38(48-52(31)40)26-10-12-28(13-11-26)60-27-6-3-2-4-7-27/h2-13,25,31-32,45-46H,14-24H2,1H3,(H2,44,56)(H,47,53,57). The highest BCUT2D eigenvalue weighted by atomic mass is 16.5. The highest BCUT2D eigenvalue weighted by molar-refractivity contribution is 6.25. The fourth-order valence-electron chi connectivity index (χ4n) is 8.53. The fraction of sp³-hybridized carbons (Fsp3) is 0.349. The number of likely N-dealkylation sites (N-methyl/N-ethyl adjacent to an activating group) is 1. The number of amides is 7. The Labute approximate surface area is 345 Å². The summed E-state index contributed by atoms with van der Waals surface area (Å²) in [7, 11) is 1.60. The van der Waals surface area contributed by atoms with Gasteiger partial charge >= 0.3 is 0 Å². The van der Waals surface area contributed by atoms with Crippen molar-refractivity contribution in [1.82, 2.24) is 29.8 Å². The van der Waals surface area contributed by atoms with E-state index in [-0.39, 0.29) is 72.9 Å². The van der Waals surface area contributed by atoms with Gasteiger partial charge in [0.15, 0.2) is 0 Å². The monoisotopic (exact) mass is 815 g/mol. The van der Waals surface area contributed by atoms with Crippen molar-refractivity contribution in [3.05, 3.63) is 89.5 Å². The Bertz CT molecular complexity index is 2370. The molecule has 4 aromatic rings. The minimum absolute atomic E-state index is 0.00191. The Morgan fingerprint density at radius 2 is 1.63 bits per heavy atom. The number of para-hydroxylation sites is 1. The normalized spacial score (nSPS) is 18.9. The molecule has 0 bridgehead atoms. The molecule has 4 aliphatic heterocycles. The molecule has 60 heavy (non-hydrogen) atoms. The second-order valence-electron chi connectivity index (χ2n) is 15.4. The number of rotatable bonds is 12. The zero-order chi connectivity index (χ0) is 42.1. The maximum absolute atomic E-state index is 13.4. The van der Waals surface area contributed by atoms with Gasteiger partial charge in [0.1, 0.15) is 34.6 Å². The van der Waals surface area contributed by atoms with Gasteiger partial charge in [-0.3, -0.25) is 43.8 Å². The van der Waals surface area contributed by atoms with Gasteiger partial charge in [0.05, 0.1) is 23.7 Å². The van der Waals surface area contributed by atoms with Gasteiger partial charge in [0, 0.05) is 57.3 Å². The van der Waals surface area contributed by atoms with Gasteiger partial charge in [-0.15, -0.1) is 0 Å². The van der Waals surface area contributed by atoms with Gasteiger partial charge < -0.3 is 30.9 Å². The molecule has 17 heteroatoms. The van der Waals surface area contributed by atoms with E-state index in [1.807, 2.05) is 64.2 Å². The van der Waals surface area contributed by atoms with Gasteiger partial charge in [0.2, 0.25) is 23.6 Å². The molecule has 2 unspecified atom stereocenters. The molecule has 2 saturated heterocycles. The summed E-state index contributed by atoms with van der Waals surface area (Å²) in [5, 5.41) is 13.4. The van der Waals surface area contributed by atoms with Crippen LogP contribution in [-0.4, -0.2) is 112 Å². The van der Waals surface area contributed by atoms with Crippen LogP contribution in [-0.2, 0) is 19.2 Å². The fourth-order valence-corrected chi connectivity index (χ4v) is 8.53. The summed E-state index contributed by atoms with van der Waals surface area (Å²) in [5.41, 5.74) is 7.93. The molecule has 310 valence electrons. The minimum Gasteiger partial charge on any atom is -0.457 e. The van der Waals surface area contributed by atoms with Crippen LogP contribution in [0.1, 0.15) is 75.6 Å². The second-order valence-corrected chi connectivity index (χ2v) is 15.4. The first-order chi connectivity index (χ1) is 29.0. The number of nitrogens with two attached hydrogens (primary N) is 1. The van der Waals surface area contributed by atoms with Crippen LogP contribution in [0.2, 0.25) is 0 Å². The molecular weight excluding hydrogens is 771 g/mol. The largest absolute Gasteiger partial charge is 0.457 e. The number of benzene rings is 3. The van der Waals surface area contributed by atoms with Crippen molar-refractivity contribution in [1.29, 1.82) is 0 Å². The van der Waals surface area contributed by atoms with Crippen molar-refractivity contribution in [2.45, 2.75) is 50.6 Å². The number of aromatic nitrogens is 2. The van der Waals surface area contributed by atoms with Crippen molar-refractivity contribution >= 4 is 52.9 Å². The molecule has 2 atom stereocenters. The minimum atomic E-state index is -1.10. The third-order valence-electron chi connectivity index (χ3n) is 11.7. The lowest BCUT2D eigenvalue weighted by Crippen LogP contribution is -2.54. The molecule has 0 spiro atoms. The number of primary amides is 1. The molecule has 3 aromatic carbocycles. The molecule has 0 saturated carbocycles. The van der Waals surface area contributed by atoms with E-state index in [0.717, 1.165) is 29.7 Å². The summed E-state index contributed by atoms with van der Waals surface area (Å²) >= 11 is 0. The lowest BCUT2D eigenvalue weighted by Gasteiger charge is -2.38. The number of piperidine rings is 2. The van der Waals surface area contributed by atoms with E-state index in [0.29, 0.717) is 48.2 Å². The number of likely N-dealkylation sites (tertiary alicyclic amines) is 1. The number of nitrogens with one attached hydrogen (secondary N) is 3. The molecule has 0 aliphatic carbocycles. The first-order valence-corrected chi connectivity index (χ1v) is 20.1. The molecular formula is C43H45N9O8. The Balaban J connectivity index is 0.840. The molecule has 5 N–H and O–H groups in total. The molecule has 4 aliphatic rings. The first-order valence-electron chi connectivity index (χ1n) is 20.1. The second kappa shape index (κ2) is 16.7. The highest BCUT2D eigenvalue weighted by Crippen LogP contribution is 2.40. The molecule has 0 radical (unpaired) electrons.